The molecule has 0 bridgehead atoms. The Balaban J connectivity index is 3.56. The lowest BCUT2D eigenvalue weighted by Gasteiger charge is -2.15. The molecule has 0 fully saturated rings. The molecule has 1 amide bonds. The van der Waals surface area contributed by atoms with Gasteiger partial charge in [0.1, 0.15) is 12.7 Å². The Labute approximate surface area is 356 Å². The first kappa shape index (κ1) is 56.2. The average molecular weight is 840 g/mol. The Morgan fingerprint density at radius 2 is 0.983 bits per heavy atom. The van der Waals surface area contributed by atoms with E-state index < -0.39 is 26.5 Å². The predicted octanol–water partition coefficient (Wildman–Crippen LogP) is 13.7. The maximum Gasteiger partial charge on any atom is 0.472 e. The third-order valence-electron chi connectivity index (χ3n) is 10.3. The quantitative estimate of drug-likeness (QED) is 0.0239. The van der Waals surface area contributed by atoms with Gasteiger partial charge in [0.05, 0.1) is 13.2 Å². The van der Waals surface area contributed by atoms with Crippen molar-refractivity contribution in [2.24, 2.45) is 0 Å². The molecule has 2 unspecified atom stereocenters. The molecular formula is C48H90NO8P. The van der Waals surface area contributed by atoms with Gasteiger partial charge in [0.15, 0.2) is 0 Å². The summed E-state index contributed by atoms with van der Waals surface area (Å²) in [5, 5.41) is 12.7. The van der Waals surface area contributed by atoms with E-state index in [0.29, 0.717) is 6.42 Å². The van der Waals surface area contributed by atoms with E-state index in [-0.39, 0.29) is 32.1 Å². The molecule has 0 aromatic carbocycles. The van der Waals surface area contributed by atoms with E-state index in [1.165, 1.54) is 135 Å². The van der Waals surface area contributed by atoms with Crippen LogP contribution in [0.15, 0.2) is 36.5 Å². The third-order valence-corrected chi connectivity index (χ3v) is 11.3. The van der Waals surface area contributed by atoms with E-state index in [1.807, 2.05) is 0 Å². The van der Waals surface area contributed by atoms with Gasteiger partial charge in [-0.1, -0.05) is 204 Å². The molecule has 10 heteroatoms. The first-order chi connectivity index (χ1) is 28.3. The van der Waals surface area contributed by atoms with E-state index in [9.17, 15) is 24.2 Å². The Kier molecular flexibility index (Phi) is 43.4. The second-order valence-corrected chi connectivity index (χ2v) is 17.5. The first-order valence-electron chi connectivity index (χ1n) is 24.0. The summed E-state index contributed by atoms with van der Waals surface area (Å²) in [6.45, 7) is 3.46. The number of phosphoric acid groups is 1. The number of ether oxygens (including phenoxy) is 1. The number of phosphoric ester groups is 1. The molecule has 9 nitrogen and oxygen atoms in total. The first-order valence-corrected chi connectivity index (χ1v) is 25.5. The van der Waals surface area contributed by atoms with E-state index in [1.54, 1.807) is 0 Å². The lowest BCUT2D eigenvalue weighted by molar-refractivity contribution is -0.147. The highest BCUT2D eigenvalue weighted by molar-refractivity contribution is 7.47. The summed E-state index contributed by atoms with van der Waals surface area (Å²) in [4.78, 5) is 34.0. The number of esters is 1. The summed E-state index contributed by atoms with van der Waals surface area (Å²) in [6.07, 6.45) is 50.8. The summed E-state index contributed by atoms with van der Waals surface area (Å²) in [5.41, 5.74) is 0. The molecule has 2 atom stereocenters. The highest BCUT2D eigenvalue weighted by atomic mass is 31.2. The van der Waals surface area contributed by atoms with Gasteiger partial charge in [0.2, 0.25) is 5.91 Å². The summed E-state index contributed by atoms with van der Waals surface area (Å²) >= 11 is 0. The molecular weight excluding hydrogens is 750 g/mol. The molecule has 0 spiro atoms. The second kappa shape index (κ2) is 44.8. The van der Waals surface area contributed by atoms with Crippen molar-refractivity contribution in [2.45, 2.75) is 232 Å². The van der Waals surface area contributed by atoms with Gasteiger partial charge in [-0.05, 0) is 44.9 Å². The van der Waals surface area contributed by atoms with Crippen molar-refractivity contribution in [3.8, 4) is 0 Å². The number of allylic oxidation sites excluding steroid dienone is 6. The van der Waals surface area contributed by atoms with Crippen molar-refractivity contribution < 1.29 is 37.9 Å². The number of aliphatic hydroxyl groups excluding tert-OH is 1. The van der Waals surface area contributed by atoms with Gasteiger partial charge < -0.3 is 20.1 Å². The SMILES string of the molecule is CC/C=C\C/C=C\C/C=C\CCCCCCCCCC(=O)NCCOP(=O)(O)OCC(O)COC(=O)CCCCCCCCCCCCCCCCCCCCCC. The minimum Gasteiger partial charge on any atom is -0.463 e. The zero-order valence-electron chi connectivity index (χ0n) is 37.5. The molecule has 0 aliphatic rings. The average Bonchev–Trinajstić information content (AvgIpc) is 3.21. The van der Waals surface area contributed by atoms with Crippen molar-refractivity contribution in [1.82, 2.24) is 5.32 Å². The number of hydrogen-bond acceptors (Lipinski definition) is 7. The number of carbonyl (C=O) groups is 2. The fraction of sp³-hybridized carbons (Fsp3) is 0.833. The maximum atomic E-state index is 12.1. The summed E-state index contributed by atoms with van der Waals surface area (Å²) in [7, 11) is -4.42. The van der Waals surface area contributed by atoms with Gasteiger partial charge in [-0.3, -0.25) is 18.6 Å². The normalized spacial score (nSPS) is 13.5. The minimum absolute atomic E-state index is 0.0768. The van der Waals surface area contributed by atoms with E-state index >= 15 is 0 Å². The van der Waals surface area contributed by atoms with Gasteiger partial charge >= 0.3 is 13.8 Å². The van der Waals surface area contributed by atoms with Crippen LogP contribution in [0.5, 0.6) is 0 Å². The summed E-state index contributed by atoms with van der Waals surface area (Å²) in [6, 6.07) is 0. The van der Waals surface area contributed by atoms with Crippen LogP contribution in [0.2, 0.25) is 0 Å². The Morgan fingerprint density at radius 1 is 0.552 bits per heavy atom. The molecule has 0 saturated carbocycles. The molecule has 0 radical (unpaired) electrons. The van der Waals surface area contributed by atoms with Crippen LogP contribution in [0.3, 0.4) is 0 Å². The number of carbonyl (C=O) groups excluding carboxylic acids is 2. The molecule has 0 aliphatic heterocycles. The number of nitrogens with one attached hydrogen (secondary N) is 1. The topological polar surface area (TPSA) is 131 Å². The number of amides is 1. The van der Waals surface area contributed by atoms with Crippen LogP contribution in [0, 0.1) is 0 Å². The molecule has 0 saturated heterocycles. The maximum absolute atomic E-state index is 12.1. The van der Waals surface area contributed by atoms with Crippen LogP contribution in [0.1, 0.15) is 226 Å². The van der Waals surface area contributed by atoms with E-state index in [2.05, 4.69) is 55.6 Å². The zero-order valence-corrected chi connectivity index (χ0v) is 38.4. The van der Waals surface area contributed by atoms with Crippen molar-refractivity contribution in [3.05, 3.63) is 36.5 Å². The van der Waals surface area contributed by atoms with Crippen LogP contribution in [0.4, 0.5) is 0 Å². The molecule has 0 aromatic rings. The van der Waals surface area contributed by atoms with Gasteiger partial charge in [-0.15, -0.1) is 0 Å². The van der Waals surface area contributed by atoms with Crippen LogP contribution in [0.25, 0.3) is 0 Å². The number of rotatable bonds is 45. The van der Waals surface area contributed by atoms with Crippen molar-refractivity contribution >= 4 is 19.7 Å². The molecule has 0 aliphatic carbocycles. The second-order valence-electron chi connectivity index (χ2n) is 16.1. The van der Waals surface area contributed by atoms with Crippen LogP contribution in [-0.2, 0) is 27.9 Å². The largest absolute Gasteiger partial charge is 0.472 e. The molecule has 0 heterocycles. The number of aliphatic hydroxyl groups is 1. The van der Waals surface area contributed by atoms with Gasteiger partial charge in [0, 0.05) is 19.4 Å². The monoisotopic (exact) mass is 840 g/mol. The van der Waals surface area contributed by atoms with E-state index in [4.69, 9.17) is 13.8 Å². The fourth-order valence-corrected chi connectivity index (χ4v) is 7.51. The molecule has 3 N–H and O–H groups in total. The van der Waals surface area contributed by atoms with Crippen molar-refractivity contribution in [1.29, 1.82) is 0 Å². The standard InChI is InChI=1S/C48H90NO8P/c1-3-5-7-9-11-13-15-17-19-21-22-23-25-27-29-31-33-35-37-39-41-48(52)55-44-46(50)45-57-58(53,54)56-43-42-49-47(51)40-38-36-34-32-30-28-26-24-20-18-16-14-12-10-8-6-4-2/h6,8,12,14,18,20,46,50H,3-5,7,9-11,13,15-17,19,21-45H2,1-2H3,(H,49,51)(H,53,54)/b8-6-,14-12-,20-18-. The zero-order chi connectivity index (χ0) is 42.5. The predicted molar refractivity (Wildman–Crippen MR) is 243 cm³/mol. The molecule has 340 valence electrons. The number of unbranched alkanes of at least 4 members (excludes halogenated alkanes) is 26. The van der Waals surface area contributed by atoms with Crippen LogP contribution >= 0.6 is 7.82 Å². The summed E-state index contributed by atoms with van der Waals surface area (Å²) < 4.78 is 26.9. The number of hydrogen-bond donors (Lipinski definition) is 3. The van der Waals surface area contributed by atoms with Crippen molar-refractivity contribution in [2.75, 3.05) is 26.4 Å². The molecule has 0 rings (SSSR count). The smallest absolute Gasteiger partial charge is 0.463 e. The Hall–Kier alpha value is -1.77. The van der Waals surface area contributed by atoms with Gasteiger partial charge in [-0.25, -0.2) is 4.57 Å². The van der Waals surface area contributed by atoms with Gasteiger partial charge in [-0.2, -0.15) is 0 Å². The Bertz CT molecular complexity index is 1050. The fourth-order valence-electron chi connectivity index (χ4n) is 6.75. The highest BCUT2D eigenvalue weighted by Crippen LogP contribution is 2.42. The van der Waals surface area contributed by atoms with Crippen LogP contribution in [-0.4, -0.2) is 54.3 Å². The lowest BCUT2D eigenvalue weighted by atomic mass is 10.0. The minimum atomic E-state index is -4.42. The summed E-state index contributed by atoms with van der Waals surface area (Å²) in [5.74, 6) is -0.519. The highest BCUT2D eigenvalue weighted by Gasteiger charge is 2.23. The molecule has 58 heavy (non-hydrogen) atoms. The Morgan fingerprint density at radius 3 is 1.48 bits per heavy atom. The van der Waals surface area contributed by atoms with E-state index in [0.717, 1.165) is 64.2 Å². The molecule has 0 aromatic heterocycles. The van der Waals surface area contributed by atoms with Crippen LogP contribution < -0.4 is 5.32 Å². The van der Waals surface area contributed by atoms with Crippen molar-refractivity contribution in [3.63, 3.8) is 0 Å². The van der Waals surface area contributed by atoms with Gasteiger partial charge in [0.25, 0.3) is 0 Å². The third kappa shape index (κ3) is 45.3. The lowest BCUT2D eigenvalue weighted by Crippen LogP contribution is -2.27.